The van der Waals surface area contributed by atoms with Crippen LogP contribution in [0.5, 0.6) is 0 Å². The molecule has 8 heteroatoms. The molecule has 104 valence electrons. The molecule has 1 aliphatic carbocycles. The molecule has 0 bridgehead atoms. The van der Waals surface area contributed by atoms with Crippen molar-refractivity contribution in [2.75, 3.05) is 12.0 Å². The predicted octanol–water partition coefficient (Wildman–Crippen LogP) is 0.312. The standard InChI is InChI=1S/C10H19N3O4S/c1-18-6-9(11)10(14)12-7-2-4-8(5-3-7)17-13(15)16/h7-9H,2-6,11H2,1H3,(H,12,14)/t7-,8-,9?. The topological polar surface area (TPSA) is 107 Å². The second-order valence-corrected chi connectivity index (χ2v) is 5.28. The van der Waals surface area contributed by atoms with E-state index < -0.39 is 11.1 Å². The number of hydrogen-bond acceptors (Lipinski definition) is 6. The number of carbonyl (C=O) groups excluding carboxylic acids is 1. The molecule has 0 aliphatic heterocycles. The summed E-state index contributed by atoms with van der Waals surface area (Å²) in [4.78, 5) is 26.4. The first-order valence-electron chi connectivity index (χ1n) is 5.89. The largest absolute Gasteiger partial charge is 0.352 e. The zero-order valence-corrected chi connectivity index (χ0v) is 11.1. The smallest absolute Gasteiger partial charge is 0.294 e. The van der Waals surface area contributed by atoms with Crippen molar-refractivity contribution in [2.24, 2.45) is 5.73 Å². The molecule has 1 aliphatic rings. The van der Waals surface area contributed by atoms with Crippen LogP contribution in [0.25, 0.3) is 0 Å². The summed E-state index contributed by atoms with van der Waals surface area (Å²) in [6.45, 7) is 0. The molecule has 0 radical (unpaired) electrons. The average Bonchev–Trinajstić information content (AvgIpc) is 2.31. The molecule has 0 saturated heterocycles. The third kappa shape index (κ3) is 5.09. The molecule has 0 aromatic carbocycles. The van der Waals surface area contributed by atoms with Crippen molar-refractivity contribution in [3.63, 3.8) is 0 Å². The van der Waals surface area contributed by atoms with E-state index in [1.807, 2.05) is 6.26 Å². The highest BCUT2D eigenvalue weighted by Crippen LogP contribution is 2.21. The minimum absolute atomic E-state index is 0.0528. The van der Waals surface area contributed by atoms with E-state index in [1.165, 1.54) is 11.8 Å². The Hall–Kier alpha value is -1.02. The number of nitrogens with one attached hydrogen (secondary N) is 1. The molecule has 0 spiro atoms. The van der Waals surface area contributed by atoms with Crippen LogP contribution < -0.4 is 11.1 Å². The summed E-state index contributed by atoms with van der Waals surface area (Å²) in [6, 6.07) is -0.440. The molecule has 18 heavy (non-hydrogen) atoms. The maximum atomic E-state index is 11.7. The molecule has 7 nitrogen and oxygen atoms in total. The number of hydrogen-bond donors (Lipinski definition) is 2. The fourth-order valence-corrected chi connectivity index (χ4v) is 2.51. The number of nitrogens with two attached hydrogens (primary N) is 1. The molecule has 1 rings (SSSR count). The van der Waals surface area contributed by atoms with Crippen molar-refractivity contribution in [3.8, 4) is 0 Å². The second kappa shape index (κ2) is 7.42. The van der Waals surface area contributed by atoms with E-state index in [0.717, 1.165) is 0 Å². The predicted molar refractivity (Wildman–Crippen MR) is 68.6 cm³/mol. The summed E-state index contributed by atoms with van der Waals surface area (Å²) >= 11 is 1.53. The van der Waals surface area contributed by atoms with Crippen LogP contribution in [0.15, 0.2) is 0 Å². The number of rotatable bonds is 6. The van der Waals surface area contributed by atoms with Gasteiger partial charge in [0.2, 0.25) is 5.91 Å². The lowest BCUT2D eigenvalue weighted by molar-refractivity contribution is -0.769. The van der Waals surface area contributed by atoms with Crippen LogP contribution in [-0.4, -0.2) is 41.2 Å². The SMILES string of the molecule is CSCC(N)C(=O)N[C@H]1CC[C@H](O[N+](=O)[O-])CC1. The van der Waals surface area contributed by atoms with Gasteiger partial charge in [-0.15, -0.1) is 10.1 Å². The van der Waals surface area contributed by atoms with Gasteiger partial charge in [0.05, 0.1) is 6.04 Å². The van der Waals surface area contributed by atoms with Gasteiger partial charge in [-0.25, -0.2) is 0 Å². The summed E-state index contributed by atoms with van der Waals surface area (Å²) in [5.41, 5.74) is 5.69. The average molecular weight is 277 g/mol. The first-order valence-corrected chi connectivity index (χ1v) is 7.28. The Morgan fingerprint density at radius 1 is 1.56 bits per heavy atom. The molecular formula is C10H19N3O4S. The van der Waals surface area contributed by atoms with E-state index >= 15 is 0 Å². The van der Waals surface area contributed by atoms with E-state index in [4.69, 9.17) is 5.73 Å². The van der Waals surface area contributed by atoms with Crippen molar-refractivity contribution in [2.45, 2.75) is 43.9 Å². The lowest BCUT2D eigenvalue weighted by Gasteiger charge is -2.28. The van der Waals surface area contributed by atoms with Gasteiger partial charge in [-0.3, -0.25) is 4.79 Å². The number of thioether (sulfide) groups is 1. The Morgan fingerprint density at radius 3 is 2.67 bits per heavy atom. The van der Waals surface area contributed by atoms with E-state index in [0.29, 0.717) is 31.4 Å². The highest BCUT2D eigenvalue weighted by atomic mass is 32.2. The van der Waals surface area contributed by atoms with E-state index in [1.54, 1.807) is 0 Å². The molecule has 3 N–H and O–H groups in total. The summed E-state index contributed by atoms with van der Waals surface area (Å²) in [5, 5.41) is 12.3. The summed E-state index contributed by atoms with van der Waals surface area (Å²) in [6.07, 6.45) is 4.11. The molecule has 0 heterocycles. The molecule has 1 fully saturated rings. The maximum Gasteiger partial charge on any atom is 0.294 e. The Labute approximate surface area is 110 Å². The first-order chi connectivity index (χ1) is 8.52. The van der Waals surface area contributed by atoms with Crippen molar-refractivity contribution < 1.29 is 14.7 Å². The minimum Gasteiger partial charge on any atom is -0.352 e. The highest BCUT2D eigenvalue weighted by Gasteiger charge is 2.25. The normalized spacial score (nSPS) is 25.2. The minimum atomic E-state index is -0.752. The van der Waals surface area contributed by atoms with E-state index in [9.17, 15) is 14.9 Å². The fraction of sp³-hybridized carbons (Fsp3) is 0.900. The third-order valence-electron chi connectivity index (χ3n) is 2.94. The second-order valence-electron chi connectivity index (χ2n) is 4.37. The lowest BCUT2D eigenvalue weighted by atomic mass is 9.93. The van der Waals surface area contributed by atoms with Gasteiger partial charge in [0.25, 0.3) is 5.09 Å². The van der Waals surface area contributed by atoms with Crippen LogP contribution in [0, 0.1) is 10.1 Å². The number of nitrogens with zero attached hydrogens (tertiary/aromatic N) is 1. The zero-order valence-electron chi connectivity index (χ0n) is 10.3. The first kappa shape index (κ1) is 15.0. The highest BCUT2D eigenvalue weighted by molar-refractivity contribution is 7.98. The van der Waals surface area contributed by atoms with Crippen LogP contribution in [0.3, 0.4) is 0 Å². The number of amides is 1. The molecule has 1 atom stereocenters. The van der Waals surface area contributed by atoms with Gasteiger partial charge >= 0.3 is 0 Å². The van der Waals surface area contributed by atoms with Gasteiger partial charge in [-0.2, -0.15) is 11.8 Å². The third-order valence-corrected chi connectivity index (χ3v) is 3.63. The molecule has 1 unspecified atom stereocenters. The Kier molecular flexibility index (Phi) is 6.20. The molecular weight excluding hydrogens is 258 g/mol. The van der Waals surface area contributed by atoms with Crippen LogP contribution in [0.1, 0.15) is 25.7 Å². The molecule has 1 amide bonds. The van der Waals surface area contributed by atoms with Crippen molar-refractivity contribution in [3.05, 3.63) is 10.1 Å². The zero-order chi connectivity index (χ0) is 13.5. The summed E-state index contributed by atoms with van der Waals surface area (Å²) in [7, 11) is 0. The lowest BCUT2D eigenvalue weighted by Crippen LogP contribution is -2.48. The molecule has 0 aromatic heterocycles. The Balaban J connectivity index is 2.26. The molecule has 0 aromatic rings. The van der Waals surface area contributed by atoms with Crippen LogP contribution in [-0.2, 0) is 9.63 Å². The van der Waals surface area contributed by atoms with Crippen LogP contribution >= 0.6 is 11.8 Å². The monoisotopic (exact) mass is 277 g/mol. The summed E-state index contributed by atoms with van der Waals surface area (Å²) in [5.74, 6) is 0.439. The Morgan fingerprint density at radius 2 is 2.17 bits per heavy atom. The molecule has 1 saturated carbocycles. The van der Waals surface area contributed by atoms with Crippen molar-refractivity contribution in [1.29, 1.82) is 0 Å². The van der Waals surface area contributed by atoms with Gasteiger partial charge < -0.3 is 15.9 Å². The van der Waals surface area contributed by atoms with Gasteiger partial charge in [0.1, 0.15) is 6.10 Å². The van der Waals surface area contributed by atoms with E-state index in [-0.39, 0.29) is 18.1 Å². The van der Waals surface area contributed by atoms with E-state index in [2.05, 4.69) is 10.2 Å². The van der Waals surface area contributed by atoms with Crippen LogP contribution in [0.2, 0.25) is 0 Å². The van der Waals surface area contributed by atoms with Gasteiger partial charge in [-0.05, 0) is 31.9 Å². The van der Waals surface area contributed by atoms with Gasteiger partial charge in [-0.1, -0.05) is 0 Å². The van der Waals surface area contributed by atoms with Crippen molar-refractivity contribution in [1.82, 2.24) is 5.32 Å². The van der Waals surface area contributed by atoms with Crippen LogP contribution in [0.4, 0.5) is 0 Å². The van der Waals surface area contributed by atoms with Gasteiger partial charge in [0, 0.05) is 11.8 Å². The van der Waals surface area contributed by atoms with Gasteiger partial charge in [0.15, 0.2) is 0 Å². The van der Waals surface area contributed by atoms with Crippen molar-refractivity contribution >= 4 is 17.7 Å². The fourth-order valence-electron chi connectivity index (χ4n) is 2.00. The summed E-state index contributed by atoms with van der Waals surface area (Å²) < 4.78 is 0. The Bertz CT molecular complexity index is 295. The number of carbonyl (C=O) groups is 1. The quantitative estimate of drug-likeness (QED) is 0.534. The maximum absolute atomic E-state index is 11.7.